The van der Waals surface area contributed by atoms with Crippen LogP contribution in [0.25, 0.3) is 0 Å². The summed E-state index contributed by atoms with van der Waals surface area (Å²) in [5, 5.41) is 0. The van der Waals surface area contributed by atoms with E-state index in [2.05, 4.69) is 33.0 Å². The molecular weight excluding hydrogens is 338 g/mol. The Balaban J connectivity index is 1.41. The largest absolute Gasteiger partial charge is 0.497 e. The average Bonchev–Trinajstić information content (AvgIpc) is 3.00. The Hall–Kier alpha value is -2.40. The molecule has 142 valence electrons. The Kier molecular flexibility index (Phi) is 5.12. The molecule has 0 N–H and O–H groups in total. The van der Waals surface area contributed by atoms with Gasteiger partial charge in [-0.2, -0.15) is 0 Å². The summed E-state index contributed by atoms with van der Waals surface area (Å²) in [6.07, 6.45) is 7.40. The number of hydrogen-bond acceptors (Lipinski definition) is 4. The highest BCUT2D eigenvalue weighted by atomic mass is 16.5. The summed E-state index contributed by atoms with van der Waals surface area (Å²) in [6.45, 7) is 3.66. The molecule has 0 aliphatic carbocycles. The number of pyridine rings is 1. The smallest absolute Gasteiger partial charge is 0.223 e. The molecule has 5 nitrogen and oxygen atoms in total. The van der Waals surface area contributed by atoms with Gasteiger partial charge in [-0.05, 0) is 48.6 Å². The van der Waals surface area contributed by atoms with Crippen LogP contribution in [0.15, 0.2) is 48.8 Å². The maximum Gasteiger partial charge on any atom is 0.223 e. The molecule has 1 amide bonds. The van der Waals surface area contributed by atoms with Gasteiger partial charge in [0.2, 0.25) is 5.91 Å². The summed E-state index contributed by atoms with van der Waals surface area (Å²) in [7, 11) is 1.71. The van der Waals surface area contributed by atoms with E-state index in [1.165, 1.54) is 5.56 Å². The van der Waals surface area contributed by atoms with E-state index in [0.717, 1.165) is 50.2 Å². The number of carbonyl (C=O) groups excluding carboxylic acids is 1. The van der Waals surface area contributed by atoms with Crippen molar-refractivity contribution < 1.29 is 9.53 Å². The topological polar surface area (TPSA) is 45.7 Å². The Labute approximate surface area is 161 Å². The first-order chi connectivity index (χ1) is 13.2. The average molecular weight is 365 g/mol. The molecule has 2 aliphatic heterocycles. The van der Waals surface area contributed by atoms with Crippen molar-refractivity contribution in [3.63, 3.8) is 0 Å². The van der Waals surface area contributed by atoms with Crippen LogP contribution in [0, 0.1) is 0 Å². The second-order valence-electron chi connectivity index (χ2n) is 7.69. The van der Waals surface area contributed by atoms with Gasteiger partial charge in [-0.1, -0.05) is 18.2 Å². The van der Waals surface area contributed by atoms with Crippen LogP contribution in [-0.2, 0) is 17.9 Å². The van der Waals surface area contributed by atoms with Crippen LogP contribution >= 0.6 is 0 Å². The first kappa shape index (κ1) is 18.0. The molecule has 0 saturated carbocycles. The van der Waals surface area contributed by atoms with E-state index in [1.54, 1.807) is 13.3 Å². The Morgan fingerprint density at radius 2 is 1.89 bits per heavy atom. The zero-order valence-electron chi connectivity index (χ0n) is 15.9. The molecule has 2 saturated heterocycles. The normalized spacial score (nSPS) is 19.6. The lowest BCUT2D eigenvalue weighted by atomic mass is 9.84. The van der Waals surface area contributed by atoms with E-state index >= 15 is 0 Å². The van der Waals surface area contributed by atoms with E-state index in [0.29, 0.717) is 18.9 Å². The predicted octanol–water partition coefficient (Wildman–Crippen LogP) is 3.25. The van der Waals surface area contributed by atoms with Crippen LogP contribution in [0.2, 0.25) is 0 Å². The molecule has 27 heavy (non-hydrogen) atoms. The van der Waals surface area contributed by atoms with Gasteiger partial charge in [-0.15, -0.1) is 0 Å². The van der Waals surface area contributed by atoms with Crippen molar-refractivity contribution in [3.05, 3.63) is 59.9 Å². The molecule has 1 spiro atoms. The van der Waals surface area contributed by atoms with Crippen LogP contribution in [0.5, 0.6) is 5.75 Å². The number of ether oxygens (including phenoxy) is 1. The Morgan fingerprint density at radius 3 is 2.63 bits per heavy atom. The molecule has 2 aliphatic rings. The SMILES string of the molecule is COc1cccc(CN2CCC3(CCC(=O)N3Cc3cccnc3)CC2)c1. The molecule has 2 fully saturated rings. The van der Waals surface area contributed by atoms with Gasteiger partial charge in [0.15, 0.2) is 0 Å². The van der Waals surface area contributed by atoms with E-state index in [9.17, 15) is 4.79 Å². The second kappa shape index (κ2) is 7.69. The first-order valence-corrected chi connectivity index (χ1v) is 9.73. The van der Waals surface area contributed by atoms with Gasteiger partial charge in [0, 0.05) is 50.5 Å². The lowest BCUT2D eigenvalue weighted by Gasteiger charge is -2.45. The third-order valence-electron chi connectivity index (χ3n) is 6.07. The fourth-order valence-electron chi connectivity index (χ4n) is 4.48. The number of methoxy groups -OCH3 is 1. The molecule has 4 rings (SSSR count). The third kappa shape index (κ3) is 3.83. The molecule has 3 heterocycles. The van der Waals surface area contributed by atoms with E-state index in [4.69, 9.17) is 4.74 Å². The number of carbonyl (C=O) groups is 1. The van der Waals surface area contributed by atoms with Crippen LogP contribution in [-0.4, -0.2) is 46.4 Å². The van der Waals surface area contributed by atoms with Gasteiger partial charge in [-0.3, -0.25) is 14.7 Å². The fraction of sp³-hybridized carbons (Fsp3) is 0.455. The van der Waals surface area contributed by atoms with Crippen molar-refractivity contribution in [3.8, 4) is 5.75 Å². The van der Waals surface area contributed by atoms with Gasteiger partial charge < -0.3 is 9.64 Å². The van der Waals surface area contributed by atoms with Crippen molar-refractivity contribution in [2.45, 2.75) is 44.3 Å². The summed E-state index contributed by atoms with van der Waals surface area (Å²) in [5.41, 5.74) is 2.42. The minimum atomic E-state index is 0.0256. The third-order valence-corrected chi connectivity index (χ3v) is 6.07. The molecule has 0 bridgehead atoms. The Bertz CT molecular complexity index is 785. The number of amides is 1. The number of piperidine rings is 1. The molecule has 1 aromatic heterocycles. The number of benzene rings is 1. The summed E-state index contributed by atoms with van der Waals surface area (Å²) in [5.74, 6) is 1.20. The van der Waals surface area contributed by atoms with Crippen molar-refractivity contribution >= 4 is 5.91 Å². The molecule has 0 unspecified atom stereocenters. The minimum absolute atomic E-state index is 0.0256. The predicted molar refractivity (Wildman–Crippen MR) is 104 cm³/mol. The van der Waals surface area contributed by atoms with Crippen molar-refractivity contribution in [2.24, 2.45) is 0 Å². The summed E-state index contributed by atoms with van der Waals surface area (Å²) in [6, 6.07) is 12.3. The highest BCUT2D eigenvalue weighted by molar-refractivity contribution is 5.79. The minimum Gasteiger partial charge on any atom is -0.497 e. The molecule has 1 aromatic carbocycles. The fourth-order valence-corrected chi connectivity index (χ4v) is 4.48. The molecule has 0 radical (unpaired) electrons. The van der Waals surface area contributed by atoms with Crippen molar-refractivity contribution in [2.75, 3.05) is 20.2 Å². The second-order valence-corrected chi connectivity index (χ2v) is 7.69. The van der Waals surface area contributed by atoms with E-state index < -0.39 is 0 Å². The van der Waals surface area contributed by atoms with Gasteiger partial charge in [0.05, 0.1) is 7.11 Å². The molecule has 0 atom stereocenters. The van der Waals surface area contributed by atoms with Gasteiger partial charge in [-0.25, -0.2) is 0 Å². The van der Waals surface area contributed by atoms with Crippen LogP contribution in [0.1, 0.15) is 36.8 Å². The number of aromatic nitrogens is 1. The summed E-state index contributed by atoms with van der Waals surface area (Å²) < 4.78 is 5.33. The van der Waals surface area contributed by atoms with E-state index in [1.807, 2.05) is 24.4 Å². The summed E-state index contributed by atoms with van der Waals surface area (Å²) in [4.78, 5) is 21.4. The first-order valence-electron chi connectivity index (χ1n) is 9.73. The number of likely N-dealkylation sites (tertiary alicyclic amines) is 2. The lowest BCUT2D eigenvalue weighted by molar-refractivity contribution is -0.133. The van der Waals surface area contributed by atoms with Gasteiger partial charge >= 0.3 is 0 Å². The maximum atomic E-state index is 12.6. The molecular formula is C22H27N3O2. The van der Waals surface area contributed by atoms with Crippen LogP contribution in [0.3, 0.4) is 0 Å². The number of rotatable bonds is 5. The Morgan fingerprint density at radius 1 is 1.07 bits per heavy atom. The number of hydrogen-bond donors (Lipinski definition) is 0. The maximum absolute atomic E-state index is 12.6. The zero-order valence-corrected chi connectivity index (χ0v) is 15.9. The summed E-state index contributed by atoms with van der Waals surface area (Å²) >= 11 is 0. The van der Waals surface area contributed by atoms with Crippen LogP contribution < -0.4 is 4.74 Å². The van der Waals surface area contributed by atoms with Gasteiger partial charge in [0.1, 0.15) is 5.75 Å². The highest BCUT2D eigenvalue weighted by Crippen LogP contribution is 2.40. The number of nitrogens with zero attached hydrogens (tertiary/aromatic N) is 3. The quantitative estimate of drug-likeness (QED) is 0.816. The highest BCUT2D eigenvalue weighted by Gasteiger charge is 2.46. The van der Waals surface area contributed by atoms with Crippen LogP contribution in [0.4, 0.5) is 0 Å². The zero-order chi connectivity index (χ0) is 18.7. The molecule has 5 heteroatoms. The molecule has 2 aromatic rings. The monoisotopic (exact) mass is 365 g/mol. The standard InChI is InChI=1S/C22H27N3O2/c1-27-20-6-2-4-18(14-20)16-24-12-9-22(10-13-24)8-7-21(26)25(22)17-19-5-3-11-23-15-19/h2-6,11,14-15H,7-10,12-13,16-17H2,1H3. The van der Waals surface area contributed by atoms with Gasteiger partial charge in [0.25, 0.3) is 0 Å². The van der Waals surface area contributed by atoms with Crippen molar-refractivity contribution in [1.82, 2.24) is 14.8 Å². The van der Waals surface area contributed by atoms with Crippen molar-refractivity contribution in [1.29, 1.82) is 0 Å². The van der Waals surface area contributed by atoms with E-state index in [-0.39, 0.29) is 5.54 Å². The lowest BCUT2D eigenvalue weighted by Crippen LogP contribution is -2.52.